The highest BCUT2D eigenvalue weighted by Gasteiger charge is 2.31. The molecule has 1 aliphatic heterocycles. The summed E-state index contributed by atoms with van der Waals surface area (Å²) in [6.45, 7) is 0.561. The number of thiophene rings is 1. The molecule has 0 spiro atoms. The van der Waals surface area contributed by atoms with Crippen molar-refractivity contribution in [3.05, 3.63) is 14.9 Å². The molecule has 0 amide bonds. The van der Waals surface area contributed by atoms with Crippen LogP contribution in [-0.4, -0.2) is 46.5 Å². The molecule has 1 aromatic rings. The van der Waals surface area contributed by atoms with Crippen molar-refractivity contribution in [1.82, 2.24) is 9.03 Å². The lowest BCUT2D eigenvalue weighted by Crippen LogP contribution is -2.46. The zero-order chi connectivity index (χ0) is 15.8. The third kappa shape index (κ3) is 4.40. The van der Waals surface area contributed by atoms with E-state index in [4.69, 9.17) is 11.6 Å². The Kier molecular flexibility index (Phi) is 5.39. The molecule has 1 fully saturated rings. The average Bonchev–Trinajstić information content (AvgIpc) is 2.69. The van der Waals surface area contributed by atoms with E-state index < -0.39 is 20.0 Å². The van der Waals surface area contributed by atoms with Gasteiger partial charge in [-0.1, -0.05) is 11.6 Å². The van der Waals surface area contributed by atoms with Crippen LogP contribution in [0.4, 0.5) is 0 Å². The Morgan fingerprint density at radius 3 is 2.33 bits per heavy atom. The zero-order valence-corrected chi connectivity index (χ0v) is 15.8. The van der Waals surface area contributed by atoms with Crippen molar-refractivity contribution in [2.24, 2.45) is 0 Å². The molecule has 2 rings (SSSR count). The molecule has 0 unspecified atom stereocenters. The molecule has 0 saturated carbocycles. The van der Waals surface area contributed by atoms with Gasteiger partial charge in [-0.25, -0.2) is 21.6 Å². The highest BCUT2D eigenvalue weighted by atomic mass is 79.9. The quantitative estimate of drug-likeness (QED) is 0.779. The smallest absolute Gasteiger partial charge is 0.213 e. The molecule has 120 valence electrons. The van der Waals surface area contributed by atoms with Crippen LogP contribution in [0.3, 0.4) is 0 Å². The minimum atomic E-state index is -3.57. The van der Waals surface area contributed by atoms with Crippen LogP contribution in [0, 0.1) is 0 Å². The van der Waals surface area contributed by atoms with E-state index in [9.17, 15) is 16.8 Å². The van der Waals surface area contributed by atoms with E-state index >= 15 is 0 Å². The maximum absolute atomic E-state index is 12.5. The minimum absolute atomic E-state index is 0.189. The molecule has 0 radical (unpaired) electrons. The van der Waals surface area contributed by atoms with E-state index in [1.165, 1.54) is 10.4 Å². The summed E-state index contributed by atoms with van der Waals surface area (Å²) in [5.74, 6) is 0. The zero-order valence-electron chi connectivity index (χ0n) is 11.0. The fraction of sp³-hybridized carbons (Fsp3) is 0.600. The number of halogens is 2. The van der Waals surface area contributed by atoms with Crippen molar-refractivity contribution in [1.29, 1.82) is 0 Å². The van der Waals surface area contributed by atoms with E-state index in [1.807, 2.05) is 0 Å². The number of nitrogens with one attached hydrogen (secondary N) is 1. The predicted molar refractivity (Wildman–Crippen MR) is 86.8 cm³/mol. The van der Waals surface area contributed by atoms with Crippen LogP contribution in [-0.2, 0) is 20.0 Å². The van der Waals surface area contributed by atoms with Gasteiger partial charge in [-0.15, -0.1) is 11.3 Å². The summed E-state index contributed by atoms with van der Waals surface area (Å²) in [5, 5.41) is 0.368. The lowest BCUT2D eigenvalue weighted by molar-refractivity contribution is 0.309. The molecule has 21 heavy (non-hydrogen) atoms. The molecule has 0 bridgehead atoms. The molecule has 1 N–H and O–H groups in total. The van der Waals surface area contributed by atoms with Gasteiger partial charge in [-0.3, -0.25) is 0 Å². The maximum atomic E-state index is 12.5. The van der Waals surface area contributed by atoms with Crippen molar-refractivity contribution >= 4 is 58.9 Å². The number of piperidine rings is 1. The first-order chi connectivity index (χ1) is 9.59. The van der Waals surface area contributed by atoms with E-state index in [2.05, 4.69) is 20.7 Å². The summed E-state index contributed by atoms with van der Waals surface area (Å²) in [5.41, 5.74) is 0. The number of sulfonamides is 2. The Hall–Kier alpha value is 0.290. The van der Waals surface area contributed by atoms with Crippen molar-refractivity contribution in [3.8, 4) is 0 Å². The number of rotatable bonds is 4. The van der Waals surface area contributed by atoms with Gasteiger partial charge in [0.2, 0.25) is 10.0 Å². The predicted octanol–water partition coefficient (Wildman–Crippen LogP) is 1.87. The molecular weight excluding hydrogens is 424 g/mol. The van der Waals surface area contributed by atoms with Gasteiger partial charge in [-0.2, -0.15) is 4.31 Å². The van der Waals surface area contributed by atoms with Gasteiger partial charge in [0, 0.05) is 19.1 Å². The van der Waals surface area contributed by atoms with Gasteiger partial charge in [0.05, 0.1) is 15.1 Å². The molecule has 1 aliphatic rings. The van der Waals surface area contributed by atoms with Gasteiger partial charge in [-0.05, 0) is 34.8 Å². The molecule has 11 heteroatoms. The molecule has 1 saturated heterocycles. The second-order valence-corrected chi connectivity index (χ2v) is 11.5. The van der Waals surface area contributed by atoms with Crippen molar-refractivity contribution in [2.75, 3.05) is 19.3 Å². The lowest BCUT2D eigenvalue weighted by atomic mass is 10.1. The van der Waals surface area contributed by atoms with Gasteiger partial charge in [0.1, 0.15) is 4.21 Å². The fourth-order valence-electron chi connectivity index (χ4n) is 2.10. The SMILES string of the molecule is CS(=O)(=O)NC1CCN(S(=O)(=O)c2cc(Cl)c(Br)s2)CC1. The molecule has 0 atom stereocenters. The van der Waals surface area contributed by atoms with E-state index in [1.54, 1.807) is 0 Å². The summed E-state index contributed by atoms with van der Waals surface area (Å²) in [6.07, 6.45) is 2.00. The second-order valence-electron chi connectivity index (χ2n) is 4.76. The Balaban J connectivity index is 2.08. The average molecular weight is 438 g/mol. The summed E-state index contributed by atoms with van der Waals surface area (Å²) in [6, 6.07) is 1.21. The third-order valence-electron chi connectivity index (χ3n) is 3.05. The van der Waals surface area contributed by atoms with E-state index in [0.29, 0.717) is 21.7 Å². The van der Waals surface area contributed by atoms with Crippen LogP contribution < -0.4 is 4.72 Å². The monoisotopic (exact) mass is 436 g/mol. The first-order valence-electron chi connectivity index (χ1n) is 6.02. The first-order valence-corrected chi connectivity index (χ1v) is 11.3. The van der Waals surface area contributed by atoms with Crippen LogP contribution in [0.15, 0.2) is 14.1 Å². The van der Waals surface area contributed by atoms with Crippen LogP contribution in [0.5, 0.6) is 0 Å². The fourth-order valence-corrected chi connectivity index (χ4v) is 6.96. The van der Waals surface area contributed by atoms with Crippen molar-refractivity contribution in [2.45, 2.75) is 23.1 Å². The standard InChI is InChI=1S/C10H14BrClN2O4S3/c1-20(15,16)13-7-2-4-14(5-3-7)21(17,18)9-6-8(12)10(11)19-9/h6-7,13H,2-5H2,1H3. The number of nitrogens with zero attached hydrogens (tertiary/aromatic N) is 1. The Labute approximate surface area is 141 Å². The maximum Gasteiger partial charge on any atom is 0.252 e. The minimum Gasteiger partial charge on any atom is -0.213 e. The van der Waals surface area contributed by atoms with E-state index in [0.717, 1.165) is 17.6 Å². The summed E-state index contributed by atoms with van der Waals surface area (Å²) >= 11 is 10.1. The van der Waals surface area contributed by atoms with Gasteiger partial charge >= 0.3 is 0 Å². The van der Waals surface area contributed by atoms with Crippen LogP contribution in [0.1, 0.15) is 12.8 Å². The largest absolute Gasteiger partial charge is 0.252 e. The molecule has 0 aliphatic carbocycles. The first kappa shape index (κ1) is 17.6. The van der Waals surface area contributed by atoms with Crippen LogP contribution >= 0.6 is 38.9 Å². The molecule has 6 nitrogen and oxygen atoms in total. The molecule has 2 heterocycles. The van der Waals surface area contributed by atoms with Gasteiger partial charge in [0.25, 0.3) is 10.0 Å². The number of hydrogen-bond donors (Lipinski definition) is 1. The Bertz CT molecular complexity index is 704. The van der Waals surface area contributed by atoms with Crippen molar-refractivity contribution < 1.29 is 16.8 Å². The van der Waals surface area contributed by atoms with Crippen LogP contribution in [0.25, 0.3) is 0 Å². The molecule has 0 aromatic carbocycles. The Morgan fingerprint density at radius 1 is 1.33 bits per heavy atom. The molecule has 1 aromatic heterocycles. The topological polar surface area (TPSA) is 83.6 Å². The van der Waals surface area contributed by atoms with Crippen LogP contribution in [0.2, 0.25) is 5.02 Å². The van der Waals surface area contributed by atoms with Crippen molar-refractivity contribution in [3.63, 3.8) is 0 Å². The molecular formula is C10H14BrClN2O4S3. The summed E-state index contributed by atoms with van der Waals surface area (Å²) in [7, 11) is -6.84. The van der Waals surface area contributed by atoms with E-state index in [-0.39, 0.29) is 23.3 Å². The number of hydrogen-bond acceptors (Lipinski definition) is 5. The summed E-state index contributed by atoms with van der Waals surface area (Å²) in [4.78, 5) is 0. The second kappa shape index (κ2) is 6.42. The van der Waals surface area contributed by atoms with Gasteiger partial charge < -0.3 is 0 Å². The third-order valence-corrected chi connectivity index (χ3v) is 8.64. The highest BCUT2D eigenvalue weighted by Crippen LogP contribution is 2.36. The normalized spacial score (nSPS) is 19.0. The Morgan fingerprint density at radius 2 is 1.90 bits per heavy atom. The highest BCUT2D eigenvalue weighted by molar-refractivity contribution is 9.11. The van der Waals surface area contributed by atoms with Gasteiger partial charge in [0.15, 0.2) is 0 Å². The summed E-state index contributed by atoms with van der Waals surface area (Å²) < 4.78 is 51.9. The lowest BCUT2D eigenvalue weighted by Gasteiger charge is -2.30.